The van der Waals surface area contributed by atoms with E-state index < -0.39 is 0 Å². The van der Waals surface area contributed by atoms with Gasteiger partial charge in [0.25, 0.3) is 0 Å². The van der Waals surface area contributed by atoms with Crippen molar-refractivity contribution >= 4 is 0 Å². The van der Waals surface area contributed by atoms with Gasteiger partial charge in [-0.05, 0) is 6.42 Å². The summed E-state index contributed by atoms with van der Waals surface area (Å²) < 4.78 is 5.13. The lowest BCUT2D eigenvalue weighted by Gasteiger charge is -2.04. The van der Waals surface area contributed by atoms with Gasteiger partial charge in [0.05, 0.1) is 12.9 Å². The van der Waals surface area contributed by atoms with Crippen LogP contribution in [0.15, 0.2) is 12.8 Å². The summed E-state index contributed by atoms with van der Waals surface area (Å²) in [5, 5.41) is 0. The van der Waals surface area contributed by atoms with Gasteiger partial charge in [0.15, 0.2) is 0 Å². The Kier molecular flexibility index (Phi) is 22.1. The first-order chi connectivity index (χ1) is 11.9. The third-order valence-electron chi connectivity index (χ3n) is 4.98. The molecule has 0 bridgehead atoms. The zero-order valence-electron chi connectivity index (χ0n) is 16.8. The van der Waals surface area contributed by atoms with Gasteiger partial charge in [-0.2, -0.15) is 0 Å². The van der Waals surface area contributed by atoms with Crippen LogP contribution < -0.4 is 0 Å². The predicted molar refractivity (Wildman–Crippen MR) is 110 cm³/mol. The Labute approximate surface area is 153 Å². The largest absolute Gasteiger partial charge is 0.502 e. The molecule has 0 saturated carbocycles. The number of hydrogen-bond donors (Lipinski definition) is 0. The summed E-state index contributed by atoms with van der Waals surface area (Å²) in [4.78, 5) is 0. The van der Waals surface area contributed by atoms with Crippen LogP contribution in [0.5, 0.6) is 0 Å². The molecule has 144 valence electrons. The second-order valence-corrected chi connectivity index (χ2v) is 7.40. The normalized spacial score (nSPS) is 10.9. The van der Waals surface area contributed by atoms with Crippen LogP contribution >= 0.6 is 0 Å². The van der Waals surface area contributed by atoms with Gasteiger partial charge in [-0.15, -0.1) is 0 Å². The summed E-state index contributed by atoms with van der Waals surface area (Å²) in [6.45, 7) is 6.70. The fourth-order valence-corrected chi connectivity index (χ4v) is 3.35. The Balaban J connectivity index is 2.94. The van der Waals surface area contributed by atoms with Crippen LogP contribution in [0, 0.1) is 0 Å². The lowest BCUT2D eigenvalue weighted by molar-refractivity contribution is 0.241. The first-order valence-corrected chi connectivity index (χ1v) is 11.1. The molecule has 0 spiro atoms. The third kappa shape index (κ3) is 21.5. The summed E-state index contributed by atoms with van der Waals surface area (Å²) in [7, 11) is 0. The van der Waals surface area contributed by atoms with Crippen molar-refractivity contribution < 1.29 is 4.74 Å². The summed E-state index contributed by atoms with van der Waals surface area (Å²) in [5.74, 6) is 0. The number of rotatable bonds is 21. The molecule has 0 rings (SSSR count). The molecule has 0 amide bonds. The predicted octanol–water partition coefficient (Wildman–Crippen LogP) is 8.58. The highest BCUT2D eigenvalue weighted by Crippen LogP contribution is 2.14. The van der Waals surface area contributed by atoms with E-state index in [-0.39, 0.29) is 0 Å². The molecule has 0 aromatic carbocycles. The molecule has 0 aromatic rings. The Bertz CT molecular complexity index is 224. The molecule has 0 heterocycles. The van der Waals surface area contributed by atoms with Crippen molar-refractivity contribution in [3.05, 3.63) is 12.8 Å². The van der Waals surface area contributed by atoms with Crippen LogP contribution in [0.2, 0.25) is 0 Å². The molecule has 0 aliphatic heterocycles. The Hall–Kier alpha value is -0.460. The first-order valence-electron chi connectivity index (χ1n) is 11.1. The first kappa shape index (κ1) is 23.5. The second kappa shape index (κ2) is 22.5. The summed E-state index contributed by atoms with van der Waals surface area (Å²) >= 11 is 0. The summed E-state index contributed by atoms with van der Waals surface area (Å²) in [6.07, 6.45) is 28.7. The van der Waals surface area contributed by atoms with E-state index in [1.807, 2.05) is 0 Å². The van der Waals surface area contributed by atoms with E-state index in [0.29, 0.717) is 0 Å². The fraction of sp³-hybridized carbons (Fsp3) is 0.913. The van der Waals surface area contributed by atoms with Crippen LogP contribution in [-0.2, 0) is 4.74 Å². The molecule has 0 radical (unpaired) electrons. The number of unbranched alkanes of at least 4 members (excludes halogenated alkanes) is 18. The monoisotopic (exact) mass is 338 g/mol. The van der Waals surface area contributed by atoms with Crippen molar-refractivity contribution in [1.82, 2.24) is 0 Å². The van der Waals surface area contributed by atoms with Crippen LogP contribution in [0.1, 0.15) is 129 Å². The van der Waals surface area contributed by atoms with Crippen molar-refractivity contribution in [2.75, 3.05) is 6.61 Å². The zero-order chi connectivity index (χ0) is 17.6. The van der Waals surface area contributed by atoms with Crippen LogP contribution in [0.25, 0.3) is 0 Å². The van der Waals surface area contributed by atoms with E-state index in [9.17, 15) is 0 Å². The topological polar surface area (TPSA) is 9.23 Å². The van der Waals surface area contributed by atoms with E-state index in [1.54, 1.807) is 6.26 Å². The van der Waals surface area contributed by atoms with Gasteiger partial charge < -0.3 is 4.74 Å². The van der Waals surface area contributed by atoms with Crippen LogP contribution in [0.3, 0.4) is 0 Å². The molecule has 0 N–H and O–H groups in total. The van der Waals surface area contributed by atoms with Crippen molar-refractivity contribution in [3.8, 4) is 0 Å². The van der Waals surface area contributed by atoms with E-state index in [0.717, 1.165) is 6.61 Å². The molecule has 1 nitrogen and oxygen atoms in total. The molecule has 0 fully saturated rings. The van der Waals surface area contributed by atoms with Crippen molar-refractivity contribution in [3.63, 3.8) is 0 Å². The van der Waals surface area contributed by atoms with E-state index in [4.69, 9.17) is 4.74 Å². The molecule has 1 heteroatoms. The quantitative estimate of drug-likeness (QED) is 0.150. The molecule has 0 aromatic heterocycles. The van der Waals surface area contributed by atoms with E-state index in [1.165, 1.54) is 122 Å². The SMILES string of the molecule is C=COCCCCCCCCCCCCCCCCCCCCC. The molecule has 0 aliphatic carbocycles. The second-order valence-electron chi connectivity index (χ2n) is 7.40. The maximum atomic E-state index is 5.13. The fourth-order valence-electron chi connectivity index (χ4n) is 3.35. The van der Waals surface area contributed by atoms with E-state index in [2.05, 4.69) is 13.5 Å². The molecule has 0 aliphatic rings. The zero-order valence-corrected chi connectivity index (χ0v) is 16.8. The molecule has 24 heavy (non-hydrogen) atoms. The van der Waals surface area contributed by atoms with Gasteiger partial charge in [-0.1, -0.05) is 129 Å². The average Bonchev–Trinajstić information content (AvgIpc) is 2.60. The van der Waals surface area contributed by atoms with Gasteiger partial charge in [0.1, 0.15) is 0 Å². The maximum absolute atomic E-state index is 5.13. The smallest absolute Gasteiger partial charge is 0.0873 e. The molecule has 0 saturated heterocycles. The van der Waals surface area contributed by atoms with Gasteiger partial charge in [-0.25, -0.2) is 0 Å². The lowest BCUT2D eigenvalue weighted by atomic mass is 10.0. The third-order valence-corrected chi connectivity index (χ3v) is 4.98. The van der Waals surface area contributed by atoms with Gasteiger partial charge in [0, 0.05) is 0 Å². The highest BCUT2D eigenvalue weighted by atomic mass is 16.5. The molecular weight excluding hydrogens is 292 g/mol. The minimum Gasteiger partial charge on any atom is -0.502 e. The van der Waals surface area contributed by atoms with Crippen molar-refractivity contribution in [1.29, 1.82) is 0 Å². The van der Waals surface area contributed by atoms with Crippen LogP contribution in [-0.4, -0.2) is 6.61 Å². The highest BCUT2D eigenvalue weighted by Gasteiger charge is 1.95. The van der Waals surface area contributed by atoms with Gasteiger partial charge >= 0.3 is 0 Å². The molecule has 0 unspecified atom stereocenters. The van der Waals surface area contributed by atoms with E-state index >= 15 is 0 Å². The minimum atomic E-state index is 0.850. The maximum Gasteiger partial charge on any atom is 0.0873 e. The lowest BCUT2D eigenvalue weighted by Crippen LogP contribution is -1.87. The average molecular weight is 339 g/mol. The van der Waals surface area contributed by atoms with Gasteiger partial charge in [0.2, 0.25) is 0 Å². The minimum absolute atomic E-state index is 0.850. The van der Waals surface area contributed by atoms with Crippen LogP contribution in [0.4, 0.5) is 0 Å². The molecular formula is C23H46O. The van der Waals surface area contributed by atoms with Crippen molar-refractivity contribution in [2.24, 2.45) is 0 Å². The number of ether oxygens (including phenoxy) is 1. The van der Waals surface area contributed by atoms with Gasteiger partial charge in [-0.3, -0.25) is 0 Å². The summed E-state index contributed by atoms with van der Waals surface area (Å²) in [6, 6.07) is 0. The Morgan fingerprint density at radius 3 is 1.08 bits per heavy atom. The Morgan fingerprint density at radius 1 is 0.500 bits per heavy atom. The van der Waals surface area contributed by atoms with Crippen molar-refractivity contribution in [2.45, 2.75) is 129 Å². The Morgan fingerprint density at radius 2 is 0.792 bits per heavy atom. The highest BCUT2D eigenvalue weighted by molar-refractivity contribution is 4.52. The number of hydrogen-bond acceptors (Lipinski definition) is 1. The standard InChI is InChI=1S/C23H46O/c1-3-5-6-7-8-9-10-11-12-13-14-15-16-17-18-19-20-21-22-23-24-4-2/h4H,2-3,5-23H2,1H3. The summed E-state index contributed by atoms with van der Waals surface area (Å²) in [5.41, 5.74) is 0. The molecule has 0 atom stereocenters.